The van der Waals surface area contributed by atoms with Gasteiger partial charge in [-0.2, -0.15) is 13.2 Å². The number of aromatic nitrogens is 2. The number of carbonyl (C=O) groups excluding carboxylic acids is 1. The molecule has 0 aliphatic carbocycles. The fourth-order valence-corrected chi connectivity index (χ4v) is 3.92. The number of esters is 1. The van der Waals surface area contributed by atoms with Gasteiger partial charge in [0.25, 0.3) is 0 Å². The molecule has 0 amide bonds. The highest BCUT2D eigenvalue weighted by molar-refractivity contribution is 5.71. The molecule has 1 aromatic carbocycles. The van der Waals surface area contributed by atoms with Crippen LogP contribution in [0.25, 0.3) is 11.3 Å². The molecule has 2 N–H and O–H groups in total. The lowest BCUT2D eigenvalue weighted by molar-refractivity contribution is -0.142. The van der Waals surface area contributed by atoms with E-state index in [0.717, 1.165) is 32.0 Å². The smallest absolute Gasteiger partial charge is 0.416 e. The van der Waals surface area contributed by atoms with Crippen molar-refractivity contribution in [2.45, 2.75) is 92.9 Å². The maximum Gasteiger partial charge on any atom is 0.416 e. The third-order valence-electron chi connectivity index (χ3n) is 5.68. The fourth-order valence-electron chi connectivity index (χ4n) is 3.92. The highest BCUT2D eigenvalue weighted by Crippen LogP contribution is 2.36. The number of rotatable bonds is 6. The Morgan fingerprint density at radius 1 is 1.16 bits per heavy atom. The first-order valence-electron chi connectivity index (χ1n) is 13.4. The Hall–Kier alpha value is -2.88. The molecule has 2 atom stereocenters. The van der Waals surface area contributed by atoms with Gasteiger partial charge in [0, 0.05) is 24.2 Å². The van der Waals surface area contributed by atoms with Crippen molar-refractivity contribution >= 4 is 11.8 Å². The first kappa shape index (κ1) is 35.1. The lowest BCUT2D eigenvalue weighted by Crippen LogP contribution is -2.47. The average molecular weight is 543 g/mol. The van der Waals surface area contributed by atoms with E-state index in [0.29, 0.717) is 29.6 Å². The number of aryl methyl sites for hydroxylation is 1. The SMILES string of the molecule is CC.CC.CC.COC(=O)CC(C)N1CCCC(Nc2cc(C)c(-c3ccc(C(F)(F)F)cc3O)nn2)C1. The maximum absolute atomic E-state index is 12.8. The molecule has 1 aliphatic heterocycles. The number of ether oxygens (including phenoxy) is 1. The van der Waals surface area contributed by atoms with Crippen LogP contribution in [0.1, 0.15) is 78.9 Å². The molecule has 2 aromatic rings. The molecule has 38 heavy (non-hydrogen) atoms. The molecule has 216 valence electrons. The monoisotopic (exact) mass is 542 g/mol. The van der Waals surface area contributed by atoms with Gasteiger partial charge in [-0.15, -0.1) is 10.2 Å². The summed E-state index contributed by atoms with van der Waals surface area (Å²) in [5.41, 5.74) is 0.254. The summed E-state index contributed by atoms with van der Waals surface area (Å²) in [4.78, 5) is 13.8. The molecule has 1 fully saturated rings. The standard InChI is InChI=1S/C22H27F3N4O3.3C2H6/c1-13-9-19(26-16-5-4-8-29(12-16)14(2)10-20(31)32-3)27-28-21(13)17-7-6-15(11-18(17)30)22(23,24)25;3*1-2/h6-7,9,11,14,16,30H,4-5,8,10,12H2,1-3H3,(H,26,27);3*1-2H3. The van der Waals surface area contributed by atoms with Crippen LogP contribution in [0.3, 0.4) is 0 Å². The van der Waals surface area contributed by atoms with Crippen molar-refractivity contribution in [2.24, 2.45) is 0 Å². The topological polar surface area (TPSA) is 87.6 Å². The van der Waals surface area contributed by atoms with Gasteiger partial charge in [0.05, 0.1) is 24.8 Å². The average Bonchev–Trinajstić information content (AvgIpc) is 2.92. The quantitative estimate of drug-likeness (QED) is 0.377. The van der Waals surface area contributed by atoms with Crippen molar-refractivity contribution in [3.8, 4) is 17.0 Å². The summed E-state index contributed by atoms with van der Waals surface area (Å²) >= 11 is 0. The number of benzene rings is 1. The third kappa shape index (κ3) is 10.5. The van der Waals surface area contributed by atoms with E-state index in [4.69, 9.17) is 4.74 Å². The van der Waals surface area contributed by atoms with Crippen molar-refractivity contribution in [1.29, 1.82) is 0 Å². The summed E-state index contributed by atoms with van der Waals surface area (Å²) in [6.45, 7) is 17.4. The number of aromatic hydroxyl groups is 1. The minimum Gasteiger partial charge on any atom is -0.507 e. The first-order valence-corrected chi connectivity index (χ1v) is 13.4. The van der Waals surface area contributed by atoms with Gasteiger partial charge >= 0.3 is 12.1 Å². The second kappa shape index (κ2) is 17.6. The summed E-state index contributed by atoms with van der Waals surface area (Å²) in [5, 5.41) is 21.8. The number of hydrogen-bond acceptors (Lipinski definition) is 7. The van der Waals surface area contributed by atoms with Gasteiger partial charge in [-0.1, -0.05) is 41.5 Å². The van der Waals surface area contributed by atoms with E-state index in [-0.39, 0.29) is 23.6 Å². The van der Waals surface area contributed by atoms with Crippen LogP contribution in [-0.4, -0.2) is 58.5 Å². The number of hydrogen-bond donors (Lipinski definition) is 2. The van der Waals surface area contributed by atoms with E-state index in [1.807, 2.05) is 48.5 Å². The number of nitrogens with one attached hydrogen (secondary N) is 1. The maximum atomic E-state index is 12.8. The van der Waals surface area contributed by atoms with E-state index in [9.17, 15) is 23.1 Å². The predicted molar refractivity (Wildman–Crippen MR) is 147 cm³/mol. The lowest BCUT2D eigenvalue weighted by atomic mass is 10.0. The number of phenols is 1. The lowest BCUT2D eigenvalue weighted by Gasteiger charge is -2.36. The molecular weight excluding hydrogens is 497 g/mol. The van der Waals surface area contributed by atoms with Crippen LogP contribution in [0.5, 0.6) is 5.75 Å². The fraction of sp³-hybridized carbons (Fsp3) is 0.607. The third-order valence-corrected chi connectivity index (χ3v) is 5.68. The van der Waals surface area contributed by atoms with Gasteiger partial charge < -0.3 is 15.2 Å². The molecule has 1 aliphatic rings. The van der Waals surface area contributed by atoms with Gasteiger partial charge in [-0.25, -0.2) is 0 Å². The van der Waals surface area contributed by atoms with Crippen LogP contribution >= 0.6 is 0 Å². The molecule has 0 bridgehead atoms. The summed E-state index contributed by atoms with van der Waals surface area (Å²) in [6.07, 6.45) is -2.31. The van der Waals surface area contributed by atoms with Gasteiger partial charge in [-0.05, 0) is 63.1 Å². The number of phenolic OH excluding ortho intramolecular Hbond substituents is 1. The normalized spacial score (nSPS) is 15.8. The Morgan fingerprint density at radius 3 is 2.32 bits per heavy atom. The highest BCUT2D eigenvalue weighted by atomic mass is 19.4. The number of nitrogens with zero attached hydrogens (tertiary/aromatic N) is 3. The largest absolute Gasteiger partial charge is 0.507 e. The molecule has 0 spiro atoms. The van der Waals surface area contributed by atoms with Crippen LogP contribution in [0.4, 0.5) is 19.0 Å². The molecule has 2 heterocycles. The Bertz CT molecular complexity index is 971. The zero-order valence-corrected chi connectivity index (χ0v) is 24.2. The molecule has 1 saturated heterocycles. The molecule has 2 unspecified atom stereocenters. The summed E-state index contributed by atoms with van der Waals surface area (Å²) in [6, 6.07) is 4.73. The number of carbonyl (C=O) groups is 1. The van der Waals surface area contributed by atoms with Gasteiger partial charge in [0.15, 0.2) is 0 Å². The highest BCUT2D eigenvalue weighted by Gasteiger charge is 2.31. The summed E-state index contributed by atoms with van der Waals surface area (Å²) in [7, 11) is 1.38. The van der Waals surface area contributed by atoms with Gasteiger partial charge in [0.2, 0.25) is 0 Å². The van der Waals surface area contributed by atoms with Crippen LogP contribution in [0.2, 0.25) is 0 Å². The summed E-state index contributed by atoms with van der Waals surface area (Å²) in [5.74, 6) is -0.193. The number of halogens is 3. The number of methoxy groups -OCH3 is 1. The second-order valence-electron chi connectivity index (χ2n) is 8.10. The molecule has 3 rings (SSSR count). The zero-order chi connectivity index (χ0) is 29.5. The first-order chi connectivity index (χ1) is 18.1. The van der Waals surface area contributed by atoms with Crippen LogP contribution in [0.15, 0.2) is 24.3 Å². The molecule has 0 radical (unpaired) electrons. The Balaban J connectivity index is 0.00000213. The zero-order valence-electron chi connectivity index (χ0n) is 24.2. The Kier molecular flexibility index (Phi) is 16.3. The van der Waals surface area contributed by atoms with Gasteiger partial charge in [0.1, 0.15) is 11.6 Å². The Morgan fingerprint density at radius 2 is 1.79 bits per heavy atom. The molecular formula is C28H45F3N4O3. The molecule has 10 heteroatoms. The van der Waals surface area contributed by atoms with Crippen molar-refractivity contribution in [3.63, 3.8) is 0 Å². The molecule has 7 nitrogen and oxygen atoms in total. The van der Waals surface area contributed by atoms with Crippen molar-refractivity contribution < 1.29 is 27.8 Å². The Labute approximate surface area is 225 Å². The van der Waals surface area contributed by atoms with E-state index in [2.05, 4.69) is 20.4 Å². The number of anilines is 1. The van der Waals surface area contributed by atoms with Gasteiger partial charge in [-0.3, -0.25) is 9.69 Å². The molecule has 1 aromatic heterocycles. The number of alkyl halides is 3. The minimum absolute atomic E-state index is 0.0601. The van der Waals surface area contributed by atoms with E-state index in [1.54, 1.807) is 13.0 Å². The number of piperidine rings is 1. The van der Waals surface area contributed by atoms with Crippen LogP contribution < -0.4 is 5.32 Å². The van der Waals surface area contributed by atoms with E-state index < -0.39 is 17.5 Å². The van der Waals surface area contributed by atoms with Crippen LogP contribution in [0, 0.1) is 6.92 Å². The number of likely N-dealkylation sites (tertiary alicyclic amines) is 1. The molecule has 0 saturated carbocycles. The second-order valence-corrected chi connectivity index (χ2v) is 8.10. The summed E-state index contributed by atoms with van der Waals surface area (Å²) < 4.78 is 43.3. The van der Waals surface area contributed by atoms with E-state index in [1.165, 1.54) is 13.2 Å². The minimum atomic E-state index is -4.53. The van der Waals surface area contributed by atoms with Crippen molar-refractivity contribution in [3.05, 3.63) is 35.4 Å². The predicted octanol–water partition coefficient (Wildman–Crippen LogP) is 7.08. The van der Waals surface area contributed by atoms with E-state index >= 15 is 0 Å². The van der Waals surface area contributed by atoms with Crippen molar-refractivity contribution in [2.75, 3.05) is 25.5 Å². The van der Waals surface area contributed by atoms with Crippen molar-refractivity contribution in [1.82, 2.24) is 15.1 Å². The van der Waals surface area contributed by atoms with Crippen LogP contribution in [-0.2, 0) is 15.7 Å².